The van der Waals surface area contributed by atoms with Gasteiger partial charge in [0, 0.05) is 43.3 Å². The molecule has 1 amide bonds. The van der Waals surface area contributed by atoms with Gasteiger partial charge in [0.15, 0.2) is 0 Å². The van der Waals surface area contributed by atoms with E-state index in [0.717, 1.165) is 37.3 Å². The number of benzene rings is 1. The van der Waals surface area contributed by atoms with Crippen LogP contribution < -0.4 is 5.32 Å². The first kappa shape index (κ1) is 18.6. The normalized spacial score (nSPS) is 19.3. The summed E-state index contributed by atoms with van der Waals surface area (Å²) in [6, 6.07) is 10.3. The first-order chi connectivity index (χ1) is 12.5. The topological polar surface area (TPSA) is 56.2 Å². The fourth-order valence-electron chi connectivity index (χ4n) is 3.72. The van der Waals surface area contributed by atoms with E-state index in [0.29, 0.717) is 18.9 Å². The van der Waals surface area contributed by atoms with E-state index in [1.54, 1.807) is 0 Å². The minimum absolute atomic E-state index is 0.0853. The lowest BCUT2D eigenvalue weighted by Gasteiger charge is -2.36. The van der Waals surface area contributed by atoms with Crippen LogP contribution in [-0.4, -0.2) is 34.2 Å². The number of aromatic nitrogens is 2. The molecule has 1 atom stereocenters. The van der Waals surface area contributed by atoms with Gasteiger partial charge in [-0.1, -0.05) is 37.3 Å². The summed E-state index contributed by atoms with van der Waals surface area (Å²) in [4.78, 5) is 16.3. The summed E-state index contributed by atoms with van der Waals surface area (Å²) in [5.74, 6) is 0.487. The van der Waals surface area contributed by atoms with Crippen molar-refractivity contribution >= 4 is 5.91 Å². The highest BCUT2D eigenvalue weighted by Crippen LogP contribution is 2.39. The Bertz CT molecular complexity index is 737. The van der Waals surface area contributed by atoms with E-state index in [2.05, 4.69) is 35.9 Å². The first-order valence-corrected chi connectivity index (χ1v) is 9.51. The quantitative estimate of drug-likeness (QED) is 0.858. The van der Waals surface area contributed by atoms with Gasteiger partial charge in [-0.05, 0) is 26.7 Å². The Balaban J connectivity index is 1.89. The molecule has 3 rings (SSSR count). The molecule has 1 aromatic carbocycles. The van der Waals surface area contributed by atoms with Gasteiger partial charge in [-0.25, -0.2) is 4.98 Å². The largest absolute Gasteiger partial charge is 0.376 e. The Morgan fingerprint density at radius 1 is 1.35 bits per heavy atom. The van der Waals surface area contributed by atoms with E-state index < -0.39 is 0 Å². The Kier molecular flexibility index (Phi) is 5.77. The Morgan fingerprint density at radius 3 is 2.81 bits per heavy atom. The monoisotopic (exact) mass is 355 g/mol. The number of hydrogen-bond acceptors (Lipinski definition) is 3. The van der Waals surface area contributed by atoms with Crippen LogP contribution in [-0.2, 0) is 16.1 Å². The molecule has 1 fully saturated rings. The Hall–Kier alpha value is -2.14. The molecular weight excluding hydrogens is 326 g/mol. The van der Waals surface area contributed by atoms with Crippen molar-refractivity contribution in [3.05, 3.63) is 42.4 Å². The lowest BCUT2D eigenvalue weighted by molar-refractivity contribution is -0.120. The maximum atomic E-state index is 11.5. The van der Waals surface area contributed by atoms with Crippen LogP contribution >= 0.6 is 0 Å². The molecule has 0 aliphatic carbocycles. The van der Waals surface area contributed by atoms with Crippen molar-refractivity contribution in [2.45, 2.75) is 58.1 Å². The number of nitrogens with zero attached hydrogens (tertiary/aromatic N) is 2. The molecule has 140 valence electrons. The highest BCUT2D eigenvalue weighted by molar-refractivity contribution is 5.75. The van der Waals surface area contributed by atoms with Crippen LogP contribution in [0.15, 0.2) is 36.7 Å². The Morgan fingerprint density at radius 2 is 2.12 bits per heavy atom. The van der Waals surface area contributed by atoms with Crippen LogP contribution in [0.2, 0.25) is 0 Å². The van der Waals surface area contributed by atoms with Crippen molar-refractivity contribution in [2.24, 2.45) is 0 Å². The number of amides is 1. The molecule has 1 aliphatic rings. The molecule has 2 heterocycles. The van der Waals surface area contributed by atoms with Gasteiger partial charge in [-0.2, -0.15) is 0 Å². The van der Waals surface area contributed by atoms with E-state index >= 15 is 0 Å². The van der Waals surface area contributed by atoms with Crippen molar-refractivity contribution in [1.82, 2.24) is 14.9 Å². The zero-order valence-corrected chi connectivity index (χ0v) is 16.0. The summed E-state index contributed by atoms with van der Waals surface area (Å²) in [5.41, 5.74) is 3.33. The van der Waals surface area contributed by atoms with Crippen LogP contribution in [0.3, 0.4) is 0 Å². The van der Waals surface area contributed by atoms with Gasteiger partial charge >= 0.3 is 0 Å². The number of carbonyl (C=O) groups is 1. The molecule has 0 bridgehead atoms. The third-order valence-electron chi connectivity index (χ3n) is 5.01. The second-order valence-electron chi connectivity index (χ2n) is 7.54. The molecule has 1 aliphatic heterocycles. The maximum absolute atomic E-state index is 11.5. The lowest BCUT2D eigenvalue weighted by Crippen LogP contribution is -2.34. The zero-order chi connectivity index (χ0) is 18.6. The van der Waals surface area contributed by atoms with Crippen molar-refractivity contribution in [2.75, 3.05) is 13.2 Å². The van der Waals surface area contributed by atoms with Crippen LogP contribution in [0.1, 0.15) is 51.6 Å². The van der Waals surface area contributed by atoms with Gasteiger partial charge in [0.25, 0.3) is 0 Å². The fraction of sp³-hybridized carbons (Fsp3) is 0.524. The number of hydrogen-bond donors (Lipinski definition) is 1. The van der Waals surface area contributed by atoms with Crippen LogP contribution in [0.25, 0.3) is 11.3 Å². The molecule has 26 heavy (non-hydrogen) atoms. The van der Waals surface area contributed by atoms with Gasteiger partial charge in [0.1, 0.15) is 0 Å². The number of carbonyl (C=O) groups excluding carboxylic acids is 1. The predicted octanol–water partition coefficient (Wildman–Crippen LogP) is 3.75. The second kappa shape index (κ2) is 8.04. The summed E-state index contributed by atoms with van der Waals surface area (Å²) < 4.78 is 8.13. The third-order valence-corrected chi connectivity index (χ3v) is 5.01. The van der Waals surface area contributed by atoms with Crippen molar-refractivity contribution in [3.8, 4) is 11.3 Å². The minimum Gasteiger partial charge on any atom is -0.376 e. The number of nitrogens with one attached hydrogen (secondary N) is 1. The van der Waals surface area contributed by atoms with E-state index in [1.165, 1.54) is 5.69 Å². The van der Waals surface area contributed by atoms with Gasteiger partial charge < -0.3 is 14.6 Å². The van der Waals surface area contributed by atoms with E-state index in [-0.39, 0.29) is 11.5 Å². The van der Waals surface area contributed by atoms with Crippen LogP contribution in [0.4, 0.5) is 0 Å². The van der Waals surface area contributed by atoms with Gasteiger partial charge in [0.2, 0.25) is 5.91 Å². The average Bonchev–Trinajstić information content (AvgIpc) is 3.05. The van der Waals surface area contributed by atoms with Crippen LogP contribution in [0, 0.1) is 0 Å². The lowest BCUT2D eigenvalue weighted by atomic mass is 9.84. The average molecular weight is 355 g/mol. The molecule has 1 N–H and O–H groups in total. The maximum Gasteiger partial charge on any atom is 0.219 e. The first-order valence-electron chi connectivity index (χ1n) is 9.51. The second-order valence-corrected chi connectivity index (χ2v) is 7.54. The molecule has 0 radical (unpaired) electrons. The van der Waals surface area contributed by atoms with Crippen molar-refractivity contribution in [3.63, 3.8) is 0 Å². The van der Waals surface area contributed by atoms with Gasteiger partial charge in [-0.15, -0.1) is 0 Å². The summed E-state index contributed by atoms with van der Waals surface area (Å²) >= 11 is 0. The van der Waals surface area contributed by atoms with Crippen molar-refractivity contribution < 1.29 is 9.53 Å². The fourth-order valence-corrected chi connectivity index (χ4v) is 3.72. The van der Waals surface area contributed by atoms with E-state index in [4.69, 9.17) is 9.72 Å². The van der Waals surface area contributed by atoms with Crippen LogP contribution in [0.5, 0.6) is 0 Å². The highest BCUT2D eigenvalue weighted by atomic mass is 16.5. The summed E-state index contributed by atoms with van der Waals surface area (Å²) in [7, 11) is 0. The SMILES string of the molecule is CCC(=O)NCCn1cnc(-c2ccccc2)c1[C@@H]1CCOC(C)(C)C1. The number of ether oxygens (including phenoxy) is 1. The number of rotatable bonds is 6. The minimum atomic E-state index is -0.123. The van der Waals surface area contributed by atoms with E-state index in [9.17, 15) is 4.79 Å². The smallest absolute Gasteiger partial charge is 0.219 e. The molecule has 0 spiro atoms. The Labute approximate surface area is 155 Å². The number of imidazole rings is 1. The third kappa shape index (κ3) is 4.33. The molecule has 1 aromatic heterocycles. The molecular formula is C21H29N3O2. The molecule has 5 nitrogen and oxygen atoms in total. The molecule has 2 aromatic rings. The zero-order valence-electron chi connectivity index (χ0n) is 16.0. The molecule has 1 saturated heterocycles. The summed E-state index contributed by atoms with van der Waals surface area (Å²) in [6.07, 6.45) is 4.40. The van der Waals surface area contributed by atoms with Gasteiger partial charge in [-0.3, -0.25) is 4.79 Å². The molecule has 0 unspecified atom stereocenters. The van der Waals surface area contributed by atoms with E-state index in [1.807, 2.05) is 31.5 Å². The van der Waals surface area contributed by atoms with Crippen molar-refractivity contribution in [1.29, 1.82) is 0 Å². The molecule has 5 heteroatoms. The highest BCUT2D eigenvalue weighted by Gasteiger charge is 2.33. The predicted molar refractivity (Wildman–Crippen MR) is 103 cm³/mol. The molecule has 0 saturated carbocycles. The van der Waals surface area contributed by atoms with Gasteiger partial charge in [0.05, 0.1) is 17.6 Å². The standard InChI is InChI=1S/C21H29N3O2/c1-4-18(25)22-11-12-24-15-23-19(16-8-6-5-7-9-16)20(24)17-10-13-26-21(2,3)14-17/h5-9,15,17H,4,10-14H2,1-3H3,(H,22,25)/t17-/m1/s1. The summed E-state index contributed by atoms with van der Waals surface area (Å²) in [6.45, 7) is 8.31. The summed E-state index contributed by atoms with van der Waals surface area (Å²) in [5, 5.41) is 2.96.